The lowest BCUT2D eigenvalue weighted by atomic mass is 9.99. The molecule has 0 bridgehead atoms. The number of benzene rings is 2. The van der Waals surface area contributed by atoms with Crippen LogP contribution < -0.4 is 4.90 Å². The zero-order valence-electron chi connectivity index (χ0n) is 16.8. The van der Waals surface area contributed by atoms with Crippen LogP contribution in [-0.2, 0) is 0 Å². The molecule has 2 heterocycles. The number of thioether (sulfide) groups is 1. The van der Waals surface area contributed by atoms with E-state index in [2.05, 4.69) is 77.9 Å². The number of anilines is 2. The predicted octanol–water partition coefficient (Wildman–Crippen LogP) is 6.68. The molecule has 4 heteroatoms. The second-order valence-corrected chi connectivity index (χ2v) is 9.45. The van der Waals surface area contributed by atoms with Crippen molar-refractivity contribution >= 4 is 41.0 Å². The Labute approximate surface area is 177 Å². The van der Waals surface area contributed by atoms with Crippen LogP contribution in [0.2, 0.25) is 0 Å². The number of fused-ring (bicyclic) bond motifs is 2. The summed E-state index contributed by atoms with van der Waals surface area (Å²) < 4.78 is 0. The van der Waals surface area contributed by atoms with Crippen molar-refractivity contribution in [2.24, 2.45) is 0 Å². The van der Waals surface area contributed by atoms with Gasteiger partial charge in [0.1, 0.15) is 0 Å². The molecule has 4 rings (SSSR count). The molecule has 2 aromatic rings. The normalized spacial score (nSPS) is 18.9. The lowest BCUT2D eigenvalue weighted by molar-refractivity contribution is 0.178. The van der Waals surface area contributed by atoms with Gasteiger partial charge >= 0.3 is 0 Å². The van der Waals surface area contributed by atoms with Gasteiger partial charge in [0, 0.05) is 32.8 Å². The van der Waals surface area contributed by atoms with Crippen LogP contribution in [-0.4, -0.2) is 37.3 Å². The number of hydrogen-bond acceptors (Lipinski definition) is 4. The molecule has 2 aromatic carbocycles. The summed E-state index contributed by atoms with van der Waals surface area (Å²) in [6.07, 6.45) is 9.41. The molecule has 0 amide bonds. The van der Waals surface area contributed by atoms with Gasteiger partial charge in [-0.2, -0.15) is 0 Å². The third-order valence-electron chi connectivity index (χ3n) is 5.86. The summed E-state index contributed by atoms with van der Waals surface area (Å²) in [6, 6.07) is 14.0. The summed E-state index contributed by atoms with van der Waals surface area (Å²) in [5.41, 5.74) is 6.94. The molecule has 1 atom stereocenters. The van der Waals surface area contributed by atoms with Gasteiger partial charge in [-0.05, 0) is 69.5 Å². The molecule has 0 N–H and O–H groups in total. The Morgan fingerprint density at radius 1 is 1.21 bits per heavy atom. The summed E-state index contributed by atoms with van der Waals surface area (Å²) >= 11 is 3.67. The first-order chi connectivity index (χ1) is 13.7. The van der Waals surface area contributed by atoms with Gasteiger partial charge in [-0.25, -0.2) is 0 Å². The van der Waals surface area contributed by atoms with Crippen LogP contribution in [0.15, 0.2) is 63.4 Å². The second kappa shape index (κ2) is 8.84. The van der Waals surface area contributed by atoms with E-state index in [9.17, 15) is 0 Å². The smallest absolute Gasteiger partial charge is 0.0644 e. The van der Waals surface area contributed by atoms with E-state index >= 15 is 0 Å². The third kappa shape index (κ3) is 3.79. The van der Waals surface area contributed by atoms with E-state index in [-0.39, 0.29) is 0 Å². The number of piperidine rings is 1. The molecule has 0 aromatic heterocycles. The van der Waals surface area contributed by atoms with Crippen LogP contribution in [0, 0.1) is 0 Å². The van der Waals surface area contributed by atoms with Crippen LogP contribution in [0.5, 0.6) is 0 Å². The summed E-state index contributed by atoms with van der Waals surface area (Å²) in [5.74, 6) is 0. The molecule has 0 radical (unpaired) electrons. The van der Waals surface area contributed by atoms with Crippen molar-refractivity contribution in [1.29, 1.82) is 0 Å². The van der Waals surface area contributed by atoms with Crippen molar-refractivity contribution in [3.8, 4) is 0 Å². The molecule has 0 spiro atoms. The maximum absolute atomic E-state index is 3.86. The molecule has 28 heavy (non-hydrogen) atoms. The van der Waals surface area contributed by atoms with Crippen molar-refractivity contribution in [3.63, 3.8) is 0 Å². The summed E-state index contributed by atoms with van der Waals surface area (Å²) in [5, 5.41) is 0. The zero-order chi connectivity index (χ0) is 19.5. The monoisotopic (exact) mass is 408 g/mol. The number of likely N-dealkylation sites (tertiary alicyclic amines) is 1. The predicted molar refractivity (Wildman–Crippen MR) is 124 cm³/mol. The van der Waals surface area contributed by atoms with Crippen LogP contribution in [0.25, 0.3) is 6.08 Å². The average molecular weight is 409 g/mol. The van der Waals surface area contributed by atoms with Crippen molar-refractivity contribution in [1.82, 2.24) is 4.90 Å². The van der Waals surface area contributed by atoms with Gasteiger partial charge in [0.2, 0.25) is 0 Å². The van der Waals surface area contributed by atoms with Crippen LogP contribution in [0.1, 0.15) is 31.2 Å². The molecule has 1 unspecified atom stereocenters. The molecule has 2 aliphatic heterocycles. The number of nitrogens with zero attached hydrogens (tertiary/aromatic N) is 2. The fourth-order valence-electron chi connectivity index (χ4n) is 4.37. The Bertz CT molecular complexity index is 901. The summed E-state index contributed by atoms with van der Waals surface area (Å²) in [4.78, 5) is 9.06. The van der Waals surface area contributed by atoms with E-state index in [0.29, 0.717) is 6.04 Å². The summed E-state index contributed by atoms with van der Waals surface area (Å²) in [6.45, 7) is 6.13. The summed E-state index contributed by atoms with van der Waals surface area (Å²) in [7, 11) is 2.29. The average Bonchev–Trinajstić information content (AvgIpc) is 2.72. The van der Waals surface area contributed by atoms with Gasteiger partial charge in [-0.15, -0.1) is 17.5 Å². The molecule has 1 saturated heterocycles. The van der Waals surface area contributed by atoms with Gasteiger partial charge in [-0.3, -0.25) is 0 Å². The lowest BCUT2D eigenvalue weighted by Crippen LogP contribution is -2.38. The highest BCUT2D eigenvalue weighted by molar-refractivity contribution is 8.00. The molecule has 0 saturated carbocycles. The number of rotatable bonds is 5. The van der Waals surface area contributed by atoms with Crippen molar-refractivity contribution < 1.29 is 0 Å². The fourth-order valence-corrected chi connectivity index (χ4v) is 6.07. The minimum Gasteiger partial charge on any atom is -0.339 e. The first-order valence-electron chi connectivity index (χ1n) is 10.0. The minimum absolute atomic E-state index is 0.682. The van der Waals surface area contributed by atoms with Crippen LogP contribution in [0.4, 0.5) is 11.4 Å². The molecular formula is C24H28N2S2. The topological polar surface area (TPSA) is 6.48 Å². The van der Waals surface area contributed by atoms with Crippen molar-refractivity contribution in [2.75, 3.05) is 31.3 Å². The first-order valence-corrected chi connectivity index (χ1v) is 12.1. The highest BCUT2D eigenvalue weighted by Crippen LogP contribution is 2.51. The number of para-hydroxylation sites is 1. The second-order valence-electron chi connectivity index (χ2n) is 7.52. The maximum Gasteiger partial charge on any atom is 0.0644 e. The quantitative estimate of drug-likeness (QED) is 0.402. The molecule has 1 fully saturated rings. The zero-order valence-corrected chi connectivity index (χ0v) is 18.4. The van der Waals surface area contributed by atoms with E-state index < -0.39 is 0 Å². The highest BCUT2D eigenvalue weighted by atomic mass is 32.2. The van der Waals surface area contributed by atoms with Crippen LogP contribution in [0.3, 0.4) is 0 Å². The Kier molecular flexibility index (Phi) is 6.22. The molecule has 146 valence electrons. The third-order valence-corrected chi connectivity index (χ3v) is 7.77. The molecule has 0 aliphatic carbocycles. The molecular weight excluding hydrogens is 380 g/mol. The maximum atomic E-state index is 3.86. The van der Waals surface area contributed by atoms with E-state index in [1.165, 1.54) is 63.9 Å². The SMILES string of the molecule is C=C=Cc1c(SC)ccc2c1N(CCC1CCCCN1C)c1ccccc1S2. The van der Waals surface area contributed by atoms with E-state index in [0.717, 1.165) is 6.54 Å². The van der Waals surface area contributed by atoms with Gasteiger partial charge in [0.25, 0.3) is 0 Å². The van der Waals surface area contributed by atoms with Gasteiger partial charge in [0.05, 0.1) is 11.4 Å². The Hall–Kier alpha value is -1.58. The van der Waals surface area contributed by atoms with Crippen LogP contribution >= 0.6 is 23.5 Å². The largest absolute Gasteiger partial charge is 0.339 e. The lowest BCUT2D eigenvalue weighted by Gasteiger charge is -2.38. The van der Waals surface area contributed by atoms with Gasteiger partial charge < -0.3 is 9.80 Å². The van der Waals surface area contributed by atoms with E-state index in [4.69, 9.17) is 0 Å². The molecule has 2 nitrogen and oxygen atoms in total. The van der Waals surface area contributed by atoms with E-state index in [1.54, 1.807) is 11.8 Å². The standard InChI is InChI=1S/C24H28N2S2/c1-4-9-19-21(27-3)13-14-23-24(19)26(20-11-5-6-12-22(20)28-23)17-15-18-10-7-8-16-25(18)2/h5-6,9,11-14,18H,1,7-8,10,15-17H2,2-3H3. The minimum atomic E-state index is 0.682. The molecule has 2 aliphatic rings. The Balaban J connectivity index is 1.75. The Morgan fingerprint density at radius 2 is 2.07 bits per heavy atom. The van der Waals surface area contributed by atoms with Crippen molar-refractivity contribution in [3.05, 3.63) is 54.3 Å². The fraction of sp³-hybridized carbons (Fsp3) is 0.375. The van der Waals surface area contributed by atoms with Gasteiger partial charge in [0.15, 0.2) is 0 Å². The van der Waals surface area contributed by atoms with Gasteiger partial charge in [-0.1, -0.05) is 36.9 Å². The number of hydrogen-bond donors (Lipinski definition) is 0. The first kappa shape index (κ1) is 19.7. The Morgan fingerprint density at radius 3 is 2.86 bits per heavy atom. The van der Waals surface area contributed by atoms with E-state index in [1.807, 2.05) is 11.8 Å². The highest BCUT2D eigenvalue weighted by Gasteiger charge is 2.28. The van der Waals surface area contributed by atoms with Crippen molar-refractivity contribution in [2.45, 2.75) is 46.4 Å².